The van der Waals surface area contributed by atoms with E-state index in [1.54, 1.807) is 13.8 Å². The lowest BCUT2D eigenvalue weighted by atomic mass is 9.82. The molecule has 1 heterocycles. The molecule has 3 nitrogen and oxygen atoms in total. The minimum Gasteiger partial charge on any atom is -0.455 e. The lowest BCUT2D eigenvalue weighted by Gasteiger charge is -2.37. The first kappa shape index (κ1) is 16.4. The van der Waals surface area contributed by atoms with Crippen LogP contribution in [0.5, 0.6) is 0 Å². The van der Waals surface area contributed by atoms with Crippen molar-refractivity contribution in [2.75, 3.05) is 0 Å². The molecule has 120 valence electrons. The van der Waals surface area contributed by atoms with Crippen molar-refractivity contribution in [1.29, 1.82) is 0 Å². The van der Waals surface area contributed by atoms with Gasteiger partial charge in [0.15, 0.2) is 5.58 Å². The summed E-state index contributed by atoms with van der Waals surface area (Å²) in [5.41, 5.74) is 0.905. The Labute approximate surface area is 141 Å². The summed E-state index contributed by atoms with van der Waals surface area (Å²) < 4.78 is 11.8. The molecule has 0 radical (unpaired) electrons. The van der Waals surface area contributed by atoms with E-state index in [0.717, 1.165) is 21.8 Å². The number of hydrogen-bond donors (Lipinski definition) is 1. The van der Waals surface area contributed by atoms with E-state index in [0.29, 0.717) is 18.1 Å². The van der Waals surface area contributed by atoms with E-state index >= 15 is 0 Å². The van der Waals surface area contributed by atoms with Gasteiger partial charge in [0, 0.05) is 10.8 Å². The van der Waals surface area contributed by atoms with Gasteiger partial charge in [0.05, 0.1) is 16.2 Å². The fourth-order valence-corrected chi connectivity index (χ4v) is 2.55. The minimum absolute atomic E-state index is 0.401. The highest BCUT2D eigenvalue weighted by Gasteiger charge is 2.35. The summed E-state index contributed by atoms with van der Waals surface area (Å²) in [6.07, 6.45) is 0. The Morgan fingerprint density at radius 3 is 2.52 bits per heavy atom. The van der Waals surface area contributed by atoms with Crippen LogP contribution in [-0.4, -0.2) is 23.8 Å². The van der Waals surface area contributed by atoms with Crippen LogP contribution in [-0.2, 0) is 4.65 Å². The number of fused-ring (bicyclic) bond motifs is 3. The molecule has 5 heteroatoms. The Morgan fingerprint density at radius 2 is 1.83 bits per heavy atom. The third kappa shape index (κ3) is 2.99. The number of rotatable bonds is 4. The average molecular weight is 331 g/mol. The molecule has 0 aliphatic heterocycles. The van der Waals surface area contributed by atoms with Gasteiger partial charge in [-0.25, -0.2) is 0 Å². The third-order valence-electron chi connectivity index (χ3n) is 4.59. The molecule has 0 bridgehead atoms. The minimum atomic E-state index is -0.927. The van der Waals surface area contributed by atoms with Crippen LogP contribution in [0.2, 0.25) is 5.02 Å². The molecule has 0 atom stereocenters. The van der Waals surface area contributed by atoms with E-state index in [4.69, 9.17) is 20.7 Å². The molecule has 23 heavy (non-hydrogen) atoms. The standard InChI is InChI=1S/C18H20BClO3/c1-17(2,21)18(3,4)23-19-11-8-9-12-13-6-5-7-14(20)16(13)22-15(12)10-11/h5-10,19,21H,1-4H3. The van der Waals surface area contributed by atoms with Crippen molar-refractivity contribution in [3.63, 3.8) is 0 Å². The zero-order valence-electron chi connectivity index (χ0n) is 13.8. The second-order valence-corrected chi connectivity index (χ2v) is 7.31. The quantitative estimate of drug-likeness (QED) is 0.740. The first-order valence-corrected chi connectivity index (χ1v) is 8.03. The highest BCUT2D eigenvalue weighted by Crippen LogP contribution is 2.32. The van der Waals surface area contributed by atoms with Crippen molar-refractivity contribution in [2.24, 2.45) is 0 Å². The number of aliphatic hydroxyl groups is 1. The van der Waals surface area contributed by atoms with E-state index in [2.05, 4.69) is 0 Å². The Bertz CT molecular complexity index is 862. The summed E-state index contributed by atoms with van der Waals surface area (Å²) in [5, 5.41) is 12.8. The molecule has 0 aliphatic carbocycles. The third-order valence-corrected chi connectivity index (χ3v) is 4.89. The number of halogens is 1. The van der Waals surface area contributed by atoms with Gasteiger partial charge in [-0.2, -0.15) is 0 Å². The van der Waals surface area contributed by atoms with Gasteiger partial charge in [-0.05, 0) is 45.3 Å². The smallest absolute Gasteiger partial charge is 0.309 e. The topological polar surface area (TPSA) is 42.6 Å². The van der Waals surface area contributed by atoms with Crippen molar-refractivity contribution in [1.82, 2.24) is 0 Å². The molecule has 3 rings (SSSR count). The van der Waals surface area contributed by atoms with Crippen LogP contribution in [0.3, 0.4) is 0 Å². The SMILES string of the molecule is CC(C)(O)C(C)(C)OBc1ccc2c(c1)oc1c(Cl)cccc12. The van der Waals surface area contributed by atoms with Crippen LogP contribution >= 0.6 is 11.6 Å². The van der Waals surface area contributed by atoms with Crippen molar-refractivity contribution in [2.45, 2.75) is 38.9 Å². The monoisotopic (exact) mass is 330 g/mol. The van der Waals surface area contributed by atoms with Crippen molar-refractivity contribution >= 4 is 46.5 Å². The Kier molecular flexibility index (Phi) is 3.95. The molecular weight excluding hydrogens is 310 g/mol. The van der Waals surface area contributed by atoms with Gasteiger partial charge in [-0.3, -0.25) is 0 Å². The zero-order chi connectivity index (χ0) is 16.8. The molecule has 3 aromatic rings. The van der Waals surface area contributed by atoms with Crippen LogP contribution < -0.4 is 5.46 Å². The largest absolute Gasteiger partial charge is 0.455 e. The summed E-state index contributed by atoms with van der Waals surface area (Å²) in [5.74, 6) is 0. The van der Waals surface area contributed by atoms with E-state index in [1.807, 2.05) is 50.2 Å². The fraction of sp³-hybridized carbons (Fsp3) is 0.333. The number of furan rings is 1. The molecule has 0 aliphatic rings. The highest BCUT2D eigenvalue weighted by atomic mass is 35.5. The maximum absolute atomic E-state index is 10.2. The van der Waals surface area contributed by atoms with Crippen molar-refractivity contribution in [3.8, 4) is 0 Å². The number of benzene rings is 2. The lowest BCUT2D eigenvalue weighted by molar-refractivity contribution is -0.0893. The highest BCUT2D eigenvalue weighted by molar-refractivity contribution is 6.47. The lowest BCUT2D eigenvalue weighted by Crippen LogP contribution is -2.49. The Morgan fingerprint density at radius 1 is 1.09 bits per heavy atom. The zero-order valence-corrected chi connectivity index (χ0v) is 14.6. The molecular formula is C18H20BClO3. The van der Waals surface area contributed by atoms with Gasteiger partial charge in [0.1, 0.15) is 5.58 Å². The first-order valence-electron chi connectivity index (χ1n) is 7.65. The van der Waals surface area contributed by atoms with Crippen LogP contribution in [0, 0.1) is 0 Å². The molecule has 0 amide bonds. The fourth-order valence-electron chi connectivity index (χ4n) is 2.34. The predicted octanol–water partition coefficient (Wildman–Crippen LogP) is 3.78. The first-order chi connectivity index (χ1) is 10.7. The summed E-state index contributed by atoms with van der Waals surface area (Å²) in [7, 11) is 0.401. The molecule has 1 aromatic heterocycles. The molecule has 0 fully saturated rings. The van der Waals surface area contributed by atoms with Gasteiger partial charge in [0.25, 0.3) is 0 Å². The van der Waals surface area contributed by atoms with Gasteiger partial charge in [0.2, 0.25) is 0 Å². The molecule has 2 aromatic carbocycles. The molecule has 0 saturated carbocycles. The van der Waals surface area contributed by atoms with Crippen LogP contribution in [0.1, 0.15) is 27.7 Å². The van der Waals surface area contributed by atoms with Crippen LogP contribution in [0.4, 0.5) is 0 Å². The number of para-hydroxylation sites is 1. The predicted molar refractivity (Wildman–Crippen MR) is 97.0 cm³/mol. The Balaban J connectivity index is 1.92. The molecule has 1 N–H and O–H groups in total. The summed E-state index contributed by atoms with van der Waals surface area (Å²) in [4.78, 5) is 0. The van der Waals surface area contributed by atoms with E-state index in [9.17, 15) is 5.11 Å². The maximum Gasteiger partial charge on any atom is 0.309 e. The second kappa shape index (κ2) is 5.55. The summed E-state index contributed by atoms with van der Waals surface area (Å²) >= 11 is 6.19. The van der Waals surface area contributed by atoms with Crippen molar-refractivity contribution < 1.29 is 14.2 Å². The van der Waals surface area contributed by atoms with E-state index in [1.165, 1.54) is 0 Å². The van der Waals surface area contributed by atoms with Gasteiger partial charge in [-0.15, -0.1) is 0 Å². The van der Waals surface area contributed by atoms with Gasteiger partial charge >= 0.3 is 7.48 Å². The van der Waals surface area contributed by atoms with Crippen LogP contribution in [0.15, 0.2) is 40.8 Å². The molecule has 0 spiro atoms. The van der Waals surface area contributed by atoms with Gasteiger partial charge in [-0.1, -0.05) is 35.9 Å². The van der Waals surface area contributed by atoms with E-state index < -0.39 is 11.2 Å². The Hall–Kier alpha value is -1.49. The maximum atomic E-state index is 10.2. The normalized spacial score (nSPS) is 13.0. The van der Waals surface area contributed by atoms with Crippen molar-refractivity contribution in [3.05, 3.63) is 41.4 Å². The molecule has 0 unspecified atom stereocenters. The average Bonchev–Trinajstić information content (AvgIpc) is 2.83. The summed E-state index contributed by atoms with van der Waals surface area (Å²) in [6.45, 7) is 7.26. The second-order valence-electron chi connectivity index (χ2n) is 6.91. The molecule has 0 saturated heterocycles. The number of hydrogen-bond acceptors (Lipinski definition) is 3. The van der Waals surface area contributed by atoms with Gasteiger partial charge < -0.3 is 14.2 Å². The van der Waals surface area contributed by atoms with E-state index in [-0.39, 0.29) is 0 Å². The van der Waals surface area contributed by atoms with Crippen LogP contribution in [0.25, 0.3) is 21.9 Å². The summed E-state index contributed by atoms with van der Waals surface area (Å²) in [6, 6.07) is 11.7.